The Hall–Kier alpha value is -2.71. The predicted octanol–water partition coefficient (Wildman–Crippen LogP) is 4.78. The molecular formula is C20H19N3OS. The number of nitriles is 1. The van der Waals surface area contributed by atoms with Gasteiger partial charge < -0.3 is 10.5 Å². The van der Waals surface area contributed by atoms with E-state index in [2.05, 4.69) is 6.07 Å². The van der Waals surface area contributed by atoms with E-state index < -0.39 is 0 Å². The summed E-state index contributed by atoms with van der Waals surface area (Å²) in [4.78, 5) is 4.70. The van der Waals surface area contributed by atoms with Crippen LogP contribution in [-0.4, -0.2) is 17.8 Å². The van der Waals surface area contributed by atoms with Crippen LogP contribution < -0.4 is 10.5 Å². The summed E-state index contributed by atoms with van der Waals surface area (Å²) >= 11 is 1.56. The molecule has 0 fully saturated rings. The molecule has 0 aliphatic heterocycles. The van der Waals surface area contributed by atoms with E-state index >= 15 is 0 Å². The third-order valence-corrected chi connectivity index (χ3v) is 5.00. The van der Waals surface area contributed by atoms with Crippen LogP contribution in [0.1, 0.15) is 18.1 Å². The maximum Gasteiger partial charge on any atom is 0.126 e. The average molecular weight is 349 g/mol. The molecule has 4 nitrogen and oxygen atoms in total. The van der Waals surface area contributed by atoms with Crippen molar-refractivity contribution in [1.82, 2.24) is 4.98 Å². The van der Waals surface area contributed by atoms with Crippen molar-refractivity contribution >= 4 is 28.4 Å². The highest BCUT2D eigenvalue weighted by atomic mass is 32.2. The van der Waals surface area contributed by atoms with E-state index in [0.29, 0.717) is 17.0 Å². The Labute approximate surface area is 151 Å². The van der Waals surface area contributed by atoms with E-state index in [-0.39, 0.29) is 0 Å². The monoisotopic (exact) mass is 349 g/mol. The minimum atomic E-state index is 0.543. The van der Waals surface area contributed by atoms with Crippen molar-refractivity contribution in [2.75, 3.05) is 18.6 Å². The Balaban J connectivity index is 2.53. The second-order valence-corrected chi connectivity index (χ2v) is 6.86. The van der Waals surface area contributed by atoms with Gasteiger partial charge >= 0.3 is 0 Å². The van der Waals surface area contributed by atoms with Gasteiger partial charge in [0.25, 0.3) is 0 Å². The lowest BCUT2D eigenvalue weighted by Gasteiger charge is -2.17. The Morgan fingerprint density at radius 1 is 1.24 bits per heavy atom. The summed E-state index contributed by atoms with van der Waals surface area (Å²) in [7, 11) is 1.63. The number of nitrogens with two attached hydrogens (primary N) is 1. The normalized spacial score (nSPS) is 10.6. The van der Waals surface area contributed by atoms with Gasteiger partial charge in [-0.25, -0.2) is 4.98 Å². The van der Waals surface area contributed by atoms with E-state index in [1.54, 1.807) is 18.9 Å². The molecule has 5 heteroatoms. The van der Waals surface area contributed by atoms with Crippen LogP contribution in [-0.2, 0) is 0 Å². The minimum Gasteiger partial charge on any atom is -0.496 e. The molecule has 0 unspecified atom stereocenters. The van der Waals surface area contributed by atoms with Gasteiger partial charge in [0.15, 0.2) is 0 Å². The number of para-hydroxylation sites is 1. The summed E-state index contributed by atoms with van der Waals surface area (Å²) in [6.07, 6.45) is 0. The lowest BCUT2D eigenvalue weighted by molar-refractivity contribution is 0.416. The van der Waals surface area contributed by atoms with Gasteiger partial charge in [0.2, 0.25) is 0 Å². The molecule has 0 saturated carbocycles. The first-order valence-corrected chi connectivity index (χ1v) is 9.00. The molecule has 0 radical (unpaired) electrons. The zero-order valence-corrected chi connectivity index (χ0v) is 15.3. The van der Waals surface area contributed by atoms with Crippen LogP contribution in [0, 0.1) is 18.3 Å². The lowest BCUT2D eigenvalue weighted by Crippen LogP contribution is -2.01. The maximum atomic E-state index is 9.89. The number of fused-ring (bicyclic) bond motifs is 1. The summed E-state index contributed by atoms with van der Waals surface area (Å²) in [5.41, 5.74) is 11.0. The van der Waals surface area contributed by atoms with Gasteiger partial charge in [-0.1, -0.05) is 31.2 Å². The molecule has 0 bridgehead atoms. The number of rotatable bonds is 4. The number of nitrogen functional groups attached to an aromatic ring is 1. The molecule has 0 saturated heterocycles. The fourth-order valence-electron chi connectivity index (χ4n) is 2.93. The molecule has 1 aromatic heterocycles. The molecule has 1 heterocycles. The van der Waals surface area contributed by atoms with Gasteiger partial charge in [0, 0.05) is 22.2 Å². The molecule has 3 rings (SSSR count). The van der Waals surface area contributed by atoms with Crippen molar-refractivity contribution in [2.24, 2.45) is 0 Å². The Morgan fingerprint density at radius 3 is 2.68 bits per heavy atom. The molecular weight excluding hydrogens is 330 g/mol. The van der Waals surface area contributed by atoms with Crippen LogP contribution in [0.4, 0.5) is 5.69 Å². The number of hydrogen-bond acceptors (Lipinski definition) is 5. The molecule has 126 valence electrons. The highest BCUT2D eigenvalue weighted by Crippen LogP contribution is 2.42. The Morgan fingerprint density at radius 2 is 2.00 bits per heavy atom. The van der Waals surface area contributed by atoms with Crippen molar-refractivity contribution in [3.05, 3.63) is 47.5 Å². The Bertz CT molecular complexity index is 992. The molecule has 2 N–H and O–H groups in total. The number of methoxy groups -OCH3 is 1. The van der Waals surface area contributed by atoms with Gasteiger partial charge in [0.05, 0.1) is 18.2 Å². The number of nitrogens with zero attached hydrogens (tertiary/aromatic N) is 2. The molecule has 0 atom stereocenters. The van der Waals surface area contributed by atoms with Crippen molar-refractivity contribution in [1.29, 1.82) is 5.26 Å². The zero-order valence-electron chi connectivity index (χ0n) is 14.5. The summed E-state index contributed by atoms with van der Waals surface area (Å²) in [6.45, 7) is 4.01. The van der Waals surface area contributed by atoms with Crippen molar-refractivity contribution in [3.8, 4) is 22.9 Å². The van der Waals surface area contributed by atoms with Crippen LogP contribution in [0.3, 0.4) is 0 Å². The molecule has 0 aliphatic carbocycles. The van der Waals surface area contributed by atoms with Crippen LogP contribution in [0.15, 0.2) is 41.4 Å². The highest BCUT2D eigenvalue weighted by Gasteiger charge is 2.21. The van der Waals surface area contributed by atoms with E-state index in [4.69, 9.17) is 15.5 Å². The van der Waals surface area contributed by atoms with Crippen LogP contribution in [0.2, 0.25) is 0 Å². The summed E-state index contributed by atoms with van der Waals surface area (Å²) in [5, 5.41) is 11.4. The molecule has 0 spiro atoms. The van der Waals surface area contributed by atoms with Gasteiger partial charge in [0.1, 0.15) is 16.8 Å². The zero-order chi connectivity index (χ0) is 18.0. The first-order valence-electron chi connectivity index (χ1n) is 8.01. The lowest BCUT2D eigenvalue weighted by atomic mass is 9.94. The number of pyridine rings is 1. The molecule has 2 aromatic carbocycles. The number of thioether (sulfide) groups is 1. The second-order valence-electron chi connectivity index (χ2n) is 5.60. The van der Waals surface area contributed by atoms with E-state index in [1.807, 2.05) is 50.2 Å². The molecule has 0 amide bonds. The van der Waals surface area contributed by atoms with Gasteiger partial charge in [-0.05, 0) is 30.4 Å². The smallest absolute Gasteiger partial charge is 0.126 e. The average Bonchev–Trinajstić information content (AvgIpc) is 2.64. The number of aromatic nitrogens is 1. The van der Waals surface area contributed by atoms with Crippen molar-refractivity contribution in [3.63, 3.8) is 0 Å². The number of ether oxygens (including phenoxy) is 1. The molecule has 0 aliphatic rings. The van der Waals surface area contributed by atoms with Gasteiger partial charge in [-0.15, -0.1) is 11.8 Å². The molecule has 3 aromatic rings. The summed E-state index contributed by atoms with van der Waals surface area (Å²) < 4.78 is 5.54. The van der Waals surface area contributed by atoms with Crippen LogP contribution in [0.5, 0.6) is 5.75 Å². The van der Waals surface area contributed by atoms with Crippen molar-refractivity contribution < 1.29 is 4.74 Å². The fourth-order valence-corrected chi connectivity index (χ4v) is 3.66. The summed E-state index contributed by atoms with van der Waals surface area (Å²) in [5.74, 6) is 1.54. The van der Waals surface area contributed by atoms with E-state index in [1.165, 1.54) is 0 Å². The number of aryl methyl sites for hydroxylation is 1. The number of anilines is 1. The standard InChI is InChI=1S/C20H19N3OS/c1-4-25-20-14(11-21)17(13-7-5-6-8-16(13)24-3)18-15(23-20)10-9-12(2)19(18)22/h5-10H,4,22H2,1-3H3. The quantitative estimate of drug-likeness (QED) is 0.542. The SMILES string of the molecule is CCSc1nc2ccc(C)c(N)c2c(-c2ccccc2OC)c1C#N. The van der Waals surface area contributed by atoms with E-state index in [0.717, 1.165) is 38.4 Å². The number of benzene rings is 2. The fraction of sp³-hybridized carbons (Fsp3) is 0.200. The van der Waals surface area contributed by atoms with Gasteiger partial charge in [-0.2, -0.15) is 5.26 Å². The first kappa shape index (κ1) is 17.1. The Kier molecular flexibility index (Phi) is 4.82. The third-order valence-electron chi connectivity index (χ3n) is 4.15. The largest absolute Gasteiger partial charge is 0.496 e. The summed E-state index contributed by atoms with van der Waals surface area (Å²) in [6, 6.07) is 14.0. The minimum absolute atomic E-state index is 0.543. The van der Waals surface area contributed by atoms with Crippen LogP contribution in [0.25, 0.3) is 22.0 Å². The molecule has 25 heavy (non-hydrogen) atoms. The topological polar surface area (TPSA) is 71.9 Å². The number of hydrogen-bond donors (Lipinski definition) is 1. The van der Waals surface area contributed by atoms with E-state index in [9.17, 15) is 5.26 Å². The second kappa shape index (κ2) is 7.04. The van der Waals surface area contributed by atoms with Gasteiger partial charge in [-0.3, -0.25) is 0 Å². The third kappa shape index (κ3) is 2.90. The van der Waals surface area contributed by atoms with Crippen LogP contribution >= 0.6 is 11.8 Å². The maximum absolute atomic E-state index is 9.89. The predicted molar refractivity (Wildman–Crippen MR) is 104 cm³/mol. The highest BCUT2D eigenvalue weighted by molar-refractivity contribution is 7.99. The first-order chi connectivity index (χ1) is 12.1. The van der Waals surface area contributed by atoms with Crippen molar-refractivity contribution in [2.45, 2.75) is 18.9 Å².